The molecular formula is C10H13N3S. The fourth-order valence-electron chi connectivity index (χ4n) is 0.892. The number of pyridine rings is 1. The molecule has 0 unspecified atom stereocenters. The van der Waals surface area contributed by atoms with Crippen LogP contribution in [0, 0.1) is 12.3 Å². The molecule has 0 radical (unpaired) electrons. The number of hydrogen-bond donors (Lipinski definition) is 2. The Morgan fingerprint density at radius 3 is 3.07 bits per heavy atom. The van der Waals surface area contributed by atoms with Crippen LogP contribution in [0.3, 0.4) is 0 Å². The highest BCUT2D eigenvalue weighted by atomic mass is 32.2. The molecule has 0 bridgehead atoms. The molecule has 0 spiro atoms. The number of nitrogens with two attached hydrogens (primary N) is 1. The van der Waals surface area contributed by atoms with Crippen molar-refractivity contribution in [1.82, 2.24) is 4.98 Å². The third-order valence-corrected chi connectivity index (χ3v) is 2.39. The van der Waals surface area contributed by atoms with Gasteiger partial charge in [-0.1, -0.05) is 5.92 Å². The van der Waals surface area contributed by atoms with Crippen molar-refractivity contribution in [2.45, 2.75) is 0 Å². The number of nitrogen functional groups attached to an aromatic ring is 1. The van der Waals surface area contributed by atoms with Crippen molar-refractivity contribution in [2.75, 3.05) is 29.1 Å². The third kappa shape index (κ3) is 4.06. The van der Waals surface area contributed by atoms with Gasteiger partial charge in [-0.2, -0.15) is 0 Å². The van der Waals surface area contributed by atoms with Crippen molar-refractivity contribution in [3.63, 3.8) is 0 Å². The first-order valence-corrected chi connectivity index (χ1v) is 5.45. The van der Waals surface area contributed by atoms with Crippen LogP contribution in [0.15, 0.2) is 18.3 Å². The number of thioether (sulfide) groups is 1. The number of nitrogens with zero attached hydrogens (tertiary/aromatic N) is 1. The van der Waals surface area contributed by atoms with Crippen LogP contribution in [0.5, 0.6) is 0 Å². The van der Waals surface area contributed by atoms with E-state index >= 15 is 0 Å². The summed E-state index contributed by atoms with van der Waals surface area (Å²) >= 11 is 1.72. The molecule has 3 N–H and O–H groups in total. The number of nitrogens with one attached hydrogen (secondary N) is 1. The highest BCUT2D eigenvalue weighted by Crippen LogP contribution is 2.06. The van der Waals surface area contributed by atoms with Gasteiger partial charge in [0.05, 0.1) is 17.6 Å². The Morgan fingerprint density at radius 2 is 2.43 bits per heavy atom. The summed E-state index contributed by atoms with van der Waals surface area (Å²) in [5.74, 6) is 5.17. The van der Waals surface area contributed by atoms with Crippen molar-refractivity contribution in [2.24, 2.45) is 0 Å². The fraction of sp³-hybridized carbons (Fsp3) is 0.300. The lowest BCUT2D eigenvalue weighted by Gasteiger charge is -2.04. The molecule has 4 heteroatoms. The number of hydrogen-bond acceptors (Lipinski definition) is 4. The van der Waals surface area contributed by atoms with Crippen LogP contribution in [0.2, 0.25) is 0 Å². The minimum atomic E-state index is 0.678. The van der Waals surface area contributed by atoms with Crippen molar-refractivity contribution < 1.29 is 0 Å². The normalized spacial score (nSPS) is 9.36. The summed E-state index contributed by atoms with van der Waals surface area (Å²) in [5.41, 5.74) is 6.18. The van der Waals surface area contributed by atoms with Crippen molar-refractivity contribution in [3.05, 3.63) is 18.3 Å². The zero-order chi connectivity index (χ0) is 10.2. The van der Waals surface area contributed by atoms with E-state index in [9.17, 15) is 0 Å². The molecule has 1 rings (SSSR count). The van der Waals surface area contributed by atoms with Gasteiger partial charge in [0.2, 0.25) is 0 Å². The van der Waals surface area contributed by atoms with E-state index in [-0.39, 0.29) is 0 Å². The molecule has 0 aliphatic rings. The summed E-state index contributed by atoms with van der Waals surface area (Å²) in [6, 6.07) is 3.69. The Morgan fingerprint density at radius 1 is 1.57 bits per heavy atom. The van der Waals surface area contributed by atoms with E-state index in [0.717, 1.165) is 23.9 Å². The lowest BCUT2D eigenvalue weighted by molar-refractivity contribution is 1.17. The summed E-state index contributed by atoms with van der Waals surface area (Å²) in [4.78, 5) is 4.11. The minimum Gasteiger partial charge on any atom is -0.397 e. The summed E-state index contributed by atoms with van der Waals surface area (Å²) in [7, 11) is 0. The summed E-state index contributed by atoms with van der Waals surface area (Å²) < 4.78 is 0. The zero-order valence-corrected chi connectivity index (χ0v) is 8.68. The number of rotatable bonds is 5. The molecule has 0 aliphatic heterocycles. The average Bonchev–Trinajstić information content (AvgIpc) is 2.21. The molecule has 74 valence electrons. The zero-order valence-electron chi connectivity index (χ0n) is 7.86. The van der Waals surface area contributed by atoms with Crippen LogP contribution in [0.25, 0.3) is 0 Å². The Hall–Kier alpha value is -1.34. The lowest BCUT2D eigenvalue weighted by atomic mass is 10.4. The average molecular weight is 207 g/mol. The van der Waals surface area contributed by atoms with E-state index in [1.807, 2.05) is 12.1 Å². The molecular weight excluding hydrogens is 194 g/mol. The quantitative estimate of drug-likeness (QED) is 0.566. The van der Waals surface area contributed by atoms with Gasteiger partial charge in [0, 0.05) is 12.3 Å². The van der Waals surface area contributed by atoms with Gasteiger partial charge in [-0.3, -0.25) is 0 Å². The molecule has 0 saturated heterocycles. The fourth-order valence-corrected chi connectivity index (χ4v) is 1.40. The van der Waals surface area contributed by atoms with Gasteiger partial charge in [-0.05, 0) is 12.1 Å². The van der Waals surface area contributed by atoms with Crippen LogP contribution in [0.1, 0.15) is 0 Å². The van der Waals surface area contributed by atoms with Gasteiger partial charge in [0.1, 0.15) is 5.82 Å². The van der Waals surface area contributed by atoms with Gasteiger partial charge in [-0.15, -0.1) is 18.2 Å². The standard InChI is InChI=1S/C10H13N3S/c1-2-6-14-7-5-12-10-4-3-9(11)8-13-10/h1,3-4,8H,5-7,11H2,(H,12,13). The van der Waals surface area contributed by atoms with Gasteiger partial charge in [-0.25, -0.2) is 4.98 Å². The second-order valence-electron chi connectivity index (χ2n) is 2.66. The molecule has 1 aromatic heterocycles. The van der Waals surface area contributed by atoms with Gasteiger partial charge >= 0.3 is 0 Å². The maximum absolute atomic E-state index is 5.50. The molecule has 1 aromatic rings. The maximum Gasteiger partial charge on any atom is 0.126 e. The van der Waals surface area contributed by atoms with Gasteiger partial charge < -0.3 is 11.1 Å². The first-order valence-electron chi connectivity index (χ1n) is 4.29. The van der Waals surface area contributed by atoms with Gasteiger partial charge in [0.15, 0.2) is 0 Å². The van der Waals surface area contributed by atoms with Crippen LogP contribution >= 0.6 is 11.8 Å². The molecule has 0 amide bonds. The Labute approximate surface area is 88.5 Å². The molecule has 3 nitrogen and oxygen atoms in total. The molecule has 0 atom stereocenters. The predicted molar refractivity (Wildman–Crippen MR) is 63.3 cm³/mol. The highest BCUT2D eigenvalue weighted by molar-refractivity contribution is 7.99. The summed E-state index contributed by atoms with van der Waals surface area (Å²) in [6.07, 6.45) is 6.76. The van der Waals surface area contributed by atoms with E-state index in [0.29, 0.717) is 5.69 Å². The number of anilines is 2. The Bertz CT molecular complexity index is 302. The maximum atomic E-state index is 5.50. The molecule has 0 saturated carbocycles. The smallest absolute Gasteiger partial charge is 0.126 e. The van der Waals surface area contributed by atoms with Crippen LogP contribution in [-0.4, -0.2) is 23.0 Å². The minimum absolute atomic E-state index is 0.678. The Kier molecular flexibility index (Phi) is 4.73. The molecule has 14 heavy (non-hydrogen) atoms. The SMILES string of the molecule is C#CCSCCNc1ccc(N)cn1. The second-order valence-corrected chi connectivity index (χ2v) is 3.77. The first kappa shape index (κ1) is 10.7. The predicted octanol–water partition coefficient (Wildman–Crippen LogP) is 1.44. The van der Waals surface area contributed by atoms with Crippen LogP contribution in [0.4, 0.5) is 11.5 Å². The van der Waals surface area contributed by atoms with Gasteiger partial charge in [0.25, 0.3) is 0 Å². The summed E-state index contributed by atoms with van der Waals surface area (Å²) in [6.45, 7) is 0.864. The topological polar surface area (TPSA) is 50.9 Å². The lowest BCUT2D eigenvalue weighted by Crippen LogP contribution is -2.05. The largest absolute Gasteiger partial charge is 0.397 e. The Balaban J connectivity index is 2.19. The highest BCUT2D eigenvalue weighted by Gasteiger charge is 1.92. The van der Waals surface area contributed by atoms with E-state index < -0.39 is 0 Å². The number of terminal acetylenes is 1. The van der Waals surface area contributed by atoms with Crippen molar-refractivity contribution >= 4 is 23.3 Å². The third-order valence-electron chi connectivity index (χ3n) is 1.52. The van der Waals surface area contributed by atoms with Crippen LogP contribution in [-0.2, 0) is 0 Å². The van der Waals surface area contributed by atoms with E-state index in [2.05, 4.69) is 16.2 Å². The number of aromatic nitrogens is 1. The van der Waals surface area contributed by atoms with Crippen molar-refractivity contribution in [3.8, 4) is 12.3 Å². The van der Waals surface area contributed by atoms with Crippen LogP contribution < -0.4 is 11.1 Å². The molecule has 0 aliphatic carbocycles. The van der Waals surface area contributed by atoms with E-state index in [4.69, 9.17) is 12.2 Å². The molecule has 1 heterocycles. The molecule has 0 aromatic carbocycles. The summed E-state index contributed by atoms with van der Waals surface area (Å²) in [5, 5.41) is 3.17. The second kappa shape index (κ2) is 6.17. The van der Waals surface area contributed by atoms with Crippen molar-refractivity contribution in [1.29, 1.82) is 0 Å². The first-order chi connectivity index (χ1) is 6.83. The molecule has 0 fully saturated rings. The monoisotopic (exact) mass is 207 g/mol. The van der Waals surface area contributed by atoms with E-state index in [1.54, 1.807) is 18.0 Å². The van der Waals surface area contributed by atoms with E-state index in [1.165, 1.54) is 0 Å².